The Labute approximate surface area is 166 Å². The van der Waals surface area contributed by atoms with Crippen molar-refractivity contribution in [1.82, 2.24) is 9.78 Å². The van der Waals surface area contributed by atoms with E-state index in [-0.39, 0.29) is 22.6 Å². The predicted molar refractivity (Wildman–Crippen MR) is 102 cm³/mol. The lowest BCUT2D eigenvalue weighted by Gasteiger charge is -2.09. The summed E-state index contributed by atoms with van der Waals surface area (Å²) in [4.78, 5) is 23.6. The smallest absolute Gasteiger partial charge is 0.320 e. The highest BCUT2D eigenvalue weighted by atomic mass is 79.9. The van der Waals surface area contributed by atoms with E-state index in [0.29, 0.717) is 5.69 Å². The van der Waals surface area contributed by atoms with Crippen molar-refractivity contribution in [3.63, 3.8) is 0 Å². The van der Waals surface area contributed by atoms with Gasteiger partial charge in [0, 0.05) is 10.2 Å². The van der Waals surface area contributed by atoms with Crippen LogP contribution in [0.5, 0.6) is 0 Å². The van der Waals surface area contributed by atoms with Crippen molar-refractivity contribution >= 4 is 33.2 Å². The van der Waals surface area contributed by atoms with E-state index in [1.807, 2.05) is 0 Å². The summed E-state index contributed by atoms with van der Waals surface area (Å²) in [5, 5.41) is 27.2. The van der Waals surface area contributed by atoms with Gasteiger partial charge >= 0.3 is 5.69 Å². The molecule has 0 aliphatic heterocycles. The van der Waals surface area contributed by atoms with Gasteiger partial charge in [-0.25, -0.2) is 9.07 Å². The number of amides is 1. The van der Waals surface area contributed by atoms with Gasteiger partial charge in [-0.15, -0.1) is 0 Å². The Kier molecular flexibility index (Phi) is 5.19. The average Bonchev–Trinajstić information content (AvgIpc) is 3.01. The molecule has 0 aliphatic carbocycles. The molecule has 1 aromatic heterocycles. The molecular formula is C18H11BrFN5O3. The minimum atomic E-state index is -0.766. The van der Waals surface area contributed by atoms with E-state index in [2.05, 4.69) is 26.3 Å². The van der Waals surface area contributed by atoms with Gasteiger partial charge in [-0.2, -0.15) is 10.4 Å². The molecule has 1 N–H and O–H groups in total. The lowest BCUT2D eigenvalue weighted by Crippen LogP contribution is -2.18. The third kappa shape index (κ3) is 3.60. The second kappa shape index (κ2) is 7.58. The first-order chi connectivity index (χ1) is 13.3. The maximum Gasteiger partial charge on any atom is 0.323 e. The van der Waals surface area contributed by atoms with E-state index in [4.69, 9.17) is 5.26 Å². The van der Waals surface area contributed by atoms with Gasteiger partial charge in [0.15, 0.2) is 0 Å². The number of carbonyl (C=O) groups is 1. The SMILES string of the molecule is Cc1nn(-c2ccc(F)c(C#N)c2)c(C(=O)Nc2ccc(Br)cc2)c1[N+](=O)[O-]. The highest BCUT2D eigenvalue weighted by Crippen LogP contribution is 2.27. The van der Waals surface area contributed by atoms with Crippen molar-refractivity contribution in [2.75, 3.05) is 5.32 Å². The minimum Gasteiger partial charge on any atom is -0.320 e. The second-order valence-corrected chi connectivity index (χ2v) is 6.60. The number of aryl methyl sites for hydroxylation is 1. The van der Waals surface area contributed by atoms with Gasteiger partial charge in [-0.05, 0) is 49.4 Å². The molecule has 140 valence electrons. The number of carbonyl (C=O) groups excluding carboxylic acids is 1. The molecule has 3 rings (SSSR count). The van der Waals surface area contributed by atoms with Crippen LogP contribution in [0.4, 0.5) is 15.8 Å². The fraction of sp³-hybridized carbons (Fsp3) is 0.0556. The summed E-state index contributed by atoms with van der Waals surface area (Å²) < 4.78 is 15.5. The molecular weight excluding hydrogens is 433 g/mol. The number of hydrogen-bond donors (Lipinski definition) is 1. The third-order valence-electron chi connectivity index (χ3n) is 3.84. The monoisotopic (exact) mass is 443 g/mol. The van der Waals surface area contributed by atoms with Crippen LogP contribution in [-0.2, 0) is 0 Å². The van der Waals surface area contributed by atoms with E-state index in [1.54, 1.807) is 30.3 Å². The Balaban J connectivity index is 2.13. The lowest BCUT2D eigenvalue weighted by molar-refractivity contribution is -0.385. The quantitative estimate of drug-likeness (QED) is 0.481. The standard InChI is InChI=1S/C18H11BrFN5O3/c1-10-16(25(27)28)17(18(26)22-13-4-2-12(19)3-5-13)24(23-10)14-6-7-15(20)11(8-14)9-21/h2-8H,1H3,(H,22,26). The molecule has 10 heteroatoms. The summed E-state index contributed by atoms with van der Waals surface area (Å²) in [6.07, 6.45) is 0. The Hall–Kier alpha value is -3.58. The highest BCUT2D eigenvalue weighted by Gasteiger charge is 2.31. The number of benzene rings is 2. The van der Waals surface area contributed by atoms with Gasteiger partial charge in [0.1, 0.15) is 17.6 Å². The van der Waals surface area contributed by atoms with Crippen molar-refractivity contribution in [2.45, 2.75) is 6.92 Å². The van der Waals surface area contributed by atoms with Gasteiger partial charge in [-0.3, -0.25) is 14.9 Å². The van der Waals surface area contributed by atoms with Crippen molar-refractivity contribution < 1.29 is 14.1 Å². The average molecular weight is 444 g/mol. The van der Waals surface area contributed by atoms with Crippen LogP contribution in [0.25, 0.3) is 5.69 Å². The fourth-order valence-electron chi connectivity index (χ4n) is 2.58. The molecule has 0 fully saturated rings. The van der Waals surface area contributed by atoms with Gasteiger partial charge in [0.05, 0.1) is 16.2 Å². The van der Waals surface area contributed by atoms with Gasteiger partial charge in [0.2, 0.25) is 5.69 Å². The van der Waals surface area contributed by atoms with Crippen molar-refractivity contribution in [3.8, 4) is 11.8 Å². The van der Waals surface area contributed by atoms with Crippen LogP contribution in [-0.4, -0.2) is 20.6 Å². The maximum atomic E-state index is 13.6. The van der Waals surface area contributed by atoms with Crippen LogP contribution in [0.2, 0.25) is 0 Å². The third-order valence-corrected chi connectivity index (χ3v) is 4.37. The van der Waals surface area contributed by atoms with Crippen molar-refractivity contribution in [3.05, 3.63) is 79.8 Å². The molecule has 1 amide bonds. The number of anilines is 1. The number of nitriles is 1. The number of nitrogens with zero attached hydrogens (tertiary/aromatic N) is 4. The molecule has 0 spiro atoms. The zero-order valence-electron chi connectivity index (χ0n) is 14.3. The molecule has 0 unspecified atom stereocenters. The van der Waals surface area contributed by atoms with E-state index in [0.717, 1.165) is 15.2 Å². The van der Waals surface area contributed by atoms with Gasteiger partial charge < -0.3 is 5.32 Å². The number of nitrogens with one attached hydrogen (secondary N) is 1. The van der Waals surface area contributed by atoms with Crippen LogP contribution < -0.4 is 5.32 Å². The first kappa shape index (κ1) is 19.2. The molecule has 0 aliphatic rings. The van der Waals surface area contributed by atoms with Crippen molar-refractivity contribution in [1.29, 1.82) is 5.26 Å². The van der Waals surface area contributed by atoms with E-state index in [1.165, 1.54) is 19.1 Å². The number of nitro groups is 1. The number of rotatable bonds is 4. The molecule has 0 saturated carbocycles. The first-order valence-corrected chi connectivity index (χ1v) is 8.62. The molecule has 0 radical (unpaired) electrons. The summed E-state index contributed by atoms with van der Waals surface area (Å²) in [5.41, 5.74) is -0.500. The number of hydrogen-bond acceptors (Lipinski definition) is 5. The second-order valence-electron chi connectivity index (χ2n) is 5.69. The summed E-state index contributed by atoms with van der Waals surface area (Å²) in [6, 6.07) is 11.8. The largest absolute Gasteiger partial charge is 0.323 e. The van der Waals surface area contributed by atoms with E-state index in [9.17, 15) is 19.3 Å². The predicted octanol–water partition coefficient (Wildman–Crippen LogP) is 4.11. The Morgan fingerprint density at radius 2 is 2.00 bits per heavy atom. The maximum absolute atomic E-state index is 13.6. The summed E-state index contributed by atoms with van der Waals surface area (Å²) in [5.74, 6) is -1.51. The van der Waals surface area contributed by atoms with Gasteiger partial charge in [0.25, 0.3) is 5.91 Å². The normalized spacial score (nSPS) is 10.4. The summed E-state index contributed by atoms with van der Waals surface area (Å²) in [6.45, 7) is 1.39. The first-order valence-electron chi connectivity index (χ1n) is 7.82. The van der Waals surface area contributed by atoms with E-state index >= 15 is 0 Å². The zero-order chi connectivity index (χ0) is 20.4. The molecule has 0 atom stereocenters. The lowest BCUT2D eigenvalue weighted by atomic mass is 10.2. The Bertz CT molecular complexity index is 1140. The van der Waals surface area contributed by atoms with Crippen LogP contribution in [0.1, 0.15) is 21.7 Å². The highest BCUT2D eigenvalue weighted by molar-refractivity contribution is 9.10. The van der Waals surface area contributed by atoms with Crippen molar-refractivity contribution in [2.24, 2.45) is 0 Å². The zero-order valence-corrected chi connectivity index (χ0v) is 15.9. The van der Waals surface area contributed by atoms with Crippen LogP contribution in [0, 0.1) is 34.2 Å². The van der Waals surface area contributed by atoms with Crippen LogP contribution in [0.15, 0.2) is 46.9 Å². The topological polar surface area (TPSA) is 114 Å². The molecule has 2 aromatic carbocycles. The molecule has 0 saturated heterocycles. The summed E-state index contributed by atoms with van der Waals surface area (Å²) >= 11 is 3.28. The molecule has 0 bridgehead atoms. The Morgan fingerprint density at radius 1 is 1.32 bits per heavy atom. The van der Waals surface area contributed by atoms with Gasteiger partial charge in [-0.1, -0.05) is 15.9 Å². The minimum absolute atomic E-state index is 0.00814. The fourth-order valence-corrected chi connectivity index (χ4v) is 2.85. The van der Waals surface area contributed by atoms with Crippen LogP contribution in [0.3, 0.4) is 0 Å². The molecule has 3 aromatic rings. The number of aromatic nitrogens is 2. The molecule has 28 heavy (non-hydrogen) atoms. The number of halogens is 2. The molecule has 8 nitrogen and oxygen atoms in total. The summed E-state index contributed by atoms with van der Waals surface area (Å²) in [7, 11) is 0. The molecule has 1 heterocycles. The van der Waals surface area contributed by atoms with E-state index < -0.39 is 22.3 Å². The Morgan fingerprint density at radius 3 is 2.61 bits per heavy atom. The van der Waals surface area contributed by atoms with Crippen LogP contribution >= 0.6 is 15.9 Å².